The number of rotatable bonds is 6. The Balaban J connectivity index is 1.94. The van der Waals surface area contributed by atoms with Crippen molar-refractivity contribution in [2.45, 2.75) is 39.7 Å². The Morgan fingerprint density at radius 1 is 1.00 bits per heavy atom. The van der Waals surface area contributed by atoms with Gasteiger partial charge >= 0.3 is 0 Å². The van der Waals surface area contributed by atoms with Gasteiger partial charge in [0.05, 0.1) is 6.54 Å². The Hall–Kier alpha value is -1.96. The maximum absolute atomic E-state index is 5.95. The lowest BCUT2D eigenvalue weighted by Crippen LogP contribution is -2.23. The maximum Gasteiger partial charge on any atom is 0.120 e. The van der Waals surface area contributed by atoms with Crippen molar-refractivity contribution >= 4 is 5.69 Å². The van der Waals surface area contributed by atoms with E-state index in [1.165, 1.54) is 16.8 Å². The van der Waals surface area contributed by atoms with Crippen LogP contribution in [0.3, 0.4) is 0 Å². The van der Waals surface area contributed by atoms with Crippen LogP contribution in [0.25, 0.3) is 0 Å². The Kier molecular flexibility index (Phi) is 5.26. The number of anilines is 1. The van der Waals surface area contributed by atoms with Crippen LogP contribution in [0.1, 0.15) is 37.8 Å². The van der Waals surface area contributed by atoms with E-state index < -0.39 is 0 Å². The van der Waals surface area contributed by atoms with Gasteiger partial charge in [0.25, 0.3) is 0 Å². The topological polar surface area (TPSA) is 21.3 Å². The quantitative estimate of drug-likeness (QED) is 0.805. The standard InChI is InChI=1S/C19H25NO/c1-14(2)18-10-5-6-11-19(18)20-13-16(4)21-17-9-7-8-15(3)12-17/h5-12,14,16,20H,13H2,1-4H3/t16-/m1/s1. The molecule has 0 aliphatic rings. The molecule has 0 amide bonds. The average molecular weight is 283 g/mol. The van der Waals surface area contributed by atoms with E-state index >= 15 is 0 Å². The summed E-state index contributed by atoms with van der Waals surface area (Å²) < 4.78 is 5.95. The van der Waals surface area contributed by atoms with Gasteiger partial charge < -0.3 is 10.1 Å². The van der Waals surface area contributed by atoms with Crippen LogP contribution in [0.4, 0.5) is 5.69 Å². The van der Waals surface area contributed by atoms with Gasteiger partial charge in [-0.2, -0.15) is 0 Å². The van der Waals surface area contributed by atoms with Gasteiger partial charge in [0.2, 0.25) is 0 Å². The van der Waals surface area contributed by atoms with E-state index in [2.05, 4.69) is 69.4 Å². The molecule has 0 saturated carbocycles. The smallest absolute Gasteiger partial charge is 0.120 e. The van der Waals surface area contributed by atoms with E-state index in [4.69, 9.17) is 4.74 Å². The van der Waals surface area contributed by atoms with Gasteiger partial charge in [-0.25, -0.2) is 0 Å². The highest BCUT2D eigenvalue weighted by Crippen LogP contribution is 2.23. The SMILES string of the molecule is Cc1cccc(O[C@H](C)CNc2ccccc2C(C)C)c1. The van der Waals surface area contributed by atoms with Gasteiger partial charge in [-0.05, 0) is 49.1 Å². The molecular weight excluding hydrogens is 258 g/mol. The molecule has 1 N–H and O–H groups in total. The Morgan fingerprint density at radius 3 is 2.48 bits per heavy atom. The molecule has 0 spiro atoms. The first-order valence-electron chi connectivity index (χ1n) is 7.62. The third-order valence-corrected chi connectivity index (χ3v) is 3.49. The van der Waals surface area contributed by atoms with Crippen molar-refractivity contribution in [1.29, 1.82) is 0 Å². The second-order valence-electron chi connectivity index (χ2n) is 5.87. The van der Waals surface area contributed by atoms with Crippen molar-refractivity contribution in [3.63, 3.8) is 0 Å². The molecule has 2 nitrogen and oxygen atoms in total. The van der Waals surface area contributed by atoms with E-state index in [1.807, 2.05) is 12.1 Å². The van der Waals surface area contributed by atoms with Crippen LogP contribution in [0.5, 0.6) is 5.75 Å². The molecule has 0 aromatic heterocycles. The van der Waals surface area contributed by atoms with Crippen LogP contribution < -0.4 is 10.1 Å². The Bertz CT molecular complexity index is 577. The van der Waals surface area contributed by atoms with Crippen LogP contribution in [-0.4, -0.2) is 12.6 Å². The molecule has 0 aliphatic carbocycles. The van der Waals surface area contributed by atoms with Crippen molar-refractivity contribution in [2.75, 3.05) is 11.9 Å². The first-order chi connectivity index (χ1) is 10.1. The summed E-state index contributed by atoms with van der Waals surface area (Å²) in [5, 5.41) is 3.50. The van der Waals surface area contributed by atoms with Crippen LogP contribution in [0.2, 0.25) is 0 Å². The Morgan fingerprint density at radius 2 is 1.76 bits per heavy atom. The highest BCUT2D eigenvalue weighted by molar-refractivity contribution is 5.52. The first kappa shape index (κ1) is 15.4. The number of aryl methyl sites for hydroxylation is 1. The molecule has 2 aromatic carbocycles. The summed E-state index contributed by atoms with van der Waals surface area (Å²) in [6, 6.07) is 16.7. The number of hydrogen-bond acceptors (Lipinski definition) is 2. The highest BCUT2D eigenvalue weighted by atomic mass is 16.5. The van der Waals surface area contributed by atoms with Gasteiger partial charge in [-0.1, -0.05) is 44.2 Å². The molecule has 0 bridgehead atoms. The molecule has 2 heteroatoms. The third kappa shape index (κ3) is 4.52. The zero-order valence-electron chi connectivity index (χ0n) is 13.4. The molecule has 2 rings (SSSR count). The number of nitrogens with one attached hydrogen (secondary N) is 1. The summed E-state index contributed by atoms with van der Waals surface area (Å²) in [6.45, 7) is 9.39. The monoisotopic (exact) mass is 283 g/mol. The second-order valence-corrected chi connectivity index (χ2v) is 5.87. The minimum Gasteiger partial charge on any atom is -0.489 e. The minimum atomic E-state index is 0.118. The lowest BCUT2D eigenvalue weighted by atomic mass is 10.0. The molecule has 2 aromatic rings. The van der Waals surface area contributed by atoms with E-state index in [1.54, 1.807) is 0 Å². The van der Waals surface area contributed by atoms with E-state index in [-0.39, 0.29) is 6.10 Å². The predicted octanol–water partition coefficient (Wildman–Crippen LogP) is 5.00. The molecule has 1 atom stereocenters. The first-order valence-corrected chi connectivity index (χ1v) is 7.62. The highest BCUT2D eigenvalue weighted by Gasteiger charge is 2.08. The second kappa shape index (κ2) is 7.16. The molecule has 0 radical (unpaired) electrons. The van der Waals surface area contributed by atoms with Crippen molar-refractivity contribution in [3.05, 3.63) is 59.7 Å². The molecule has 21 heavy (non-hydrogen) atoms. The summed E-state index contributed by atoms with van der Waals surface area (Å²) in [6.07, 6.45) is 0.118. The largest absolute Gasteiger partial charge is 0.489 e. The van der Waals surface area contributed by atoms with Crippen molar-refractivity contribution in [2.24, 2.45) is 0 Å². The number of benzene rings is 2. The fourth-order valence-electron chi connectivity index (χ4n) is 2.38. The van der Waals surface area contributed by atoms with E-state index in [9.17, 15) is 0 Å². The summed E-state index contributed by atoms with van der Waals surface area (Å²) in [5.74, 6) is 1.45. The molecule has 0 saturated heterocycles. The number of hydrogen-bond donors (Lipinski definition) is 1. The lowest BCUT2D eigenvalue weighted by molar-refractivity contribution is 0.234. The summed E-state index contributed by atoms with van der Waals surface area (Å²) in [4.78, 5) is 0. The van der Waals surface area contributed by atoms with Gasteiger partial charge in [-0.3, -0.25) is 0 Å². The van der Waals surface area contributed by atoms with Crippen molar-refractivity contribution < 1.29 is 4.74 Å². The zero-order chi connectivity index (χ0) is 15.2. The van der Waals surface area contributed by atoms with Crippen LogP contribution in [-0.2, 0) is 0 Å². The molecule has 0 unspecified atom stereocenters. The van der Waals surface area contributed by atoms with Crippen LogP contribution in [0.15, 0.2) is 48.5 Å². The zero-order valence-corrected chi connectivity index (χ0v) is 13.4. The molecule has 0 heterocycles. The lowest BCUT2D eigenvalue weighted by Gasteiger charge is -2.19. The molecule has 0 fully saturated rings. The average Bonchev–Trinajstić information content (AvgIpc) is 2.45. The summed E-state index contributed by atoms with van der Waals surface area (Å²) in [7, 11) is 0. The van der Waals surface area contributed by atoms with Crippen LogP contribution >= 0.6 is 0 Å². The molecule has 0 aliphatic heterocycles. The van der Waals surface area contributed by atoms with Crippen molar-refractivity contribution in [1.82, 2.24) is 0 Å². The van der Waals surface area contributed by atoms with E-state index in [0.717, 1.165) is 12.3 Å². The number of para-hydroxylation sites is 1. The third-order valence-electron chi connectivity index (χ3n) is 3.49. The van der Waals surface area contributed by atoms with Crippen LogP contribution in [0, 0.1) is 6.92 Å². The molecule has 112 valence electrons. The molecular formula is C19H25NO. The minimum absolute atomic E-state index is 0.118. The summed E-state index contributed by atoms with van der Waals surface area (Å²) >= 11 is 0. The normalized spacial score (nSPS) is 12.2. The van der Waals surface area contributed by atoms with Gasteiger partial charge in [0.15, 0.2) is 0 Å². The summed E-state index contributed by atoms with van der Waals surface area (Å²) in [5.41, 5.74) is 3.77. The Labute approximate surface area is 128 Å². The van der Waals surface area contributed by atoms with E-state index in [0.29, 0.717) is 5.92 Å². The predicted molar refractivity (Wildman–Crippen MR) is 90.3 cm³/mol. The number of ether oxygens (including phenoxy) is 1. The maximum atomic E-state index is 5.95. The fraction of sp³-hybridized carbons (Fsp3) is 0.368. The van der Waals surface area contributed by atoms with Crippen molar-refractivity contribution in [3.8, 4) is 5.75 Å². The van der Waals surface area contributed by atoms with Gasteiger partial charge in [-0.15, -0.1) is 0 Å². The fourth-order valence-corrected chi connectivity index (χ4v) is 2.38. The van der Waals surface area contributed by atoms with Gasteiger partial charge in [0.1, 0.15) is 11.9 Å². The van der Waals surface area contributed by atoms with Gasteiger partial charge in [0, 0.05) is 5.69 Å².